The van der Waals surface area contributed by atoms with E-state index in [2.05, 4.69) is 20.3 Å². The minimum Gasteiger partial charge on any atom is -0.411 e. The molecule has 0 unspecified atom stereocenters. The van der Waals surface area contributed by atoms with Crippen molar-refractivity contribution in [2.24, 2.45) is 0 Å². The van der Waals surface area contributed by atoms with Gasteiger partial charge >= 0.3 is 0 Å². The number of thioether (sulfide) groups is 1. The fourth-order valence-electron chi connectivity index (χ4n) is 2.33. The third-order valence-corrected chi connectivity index (χ3v) is 4.40. The first kappa shape index (κ1) is 15.6. The molecule has 6 nitrogen and oxygen atoms in total. The van der Waals surface area contributed by atoms with Gasteiger partial charge in [-0.15, -0.1) is 10.2 Å². The van der Waals surface area contributed by atoms with Crippen LogP contribution in [0.1, 0.15) is 11.5 Å². The quantitative estimate of drug-likeness (QED) is 0.494. The third kappa shape index (κ3) is 3.46. The van der Waals surface area contributed by atoms with E-state index in [0.717, 1.165) is 16.7 Å². The van der Waals surface area contributed by atoms with E-state index in [-0.39, 0.29) is 0 Å². The number of benzene rings is 2. The summed E-state index contributed by atoms with van der Waals surface area (Å²) in [4.78, 5) is 4.39. The van der Waals surface area contributed by atoms with E-state index in [4.69, 9.17) is 8.94 Å². The van der Waals surface area contributed by atoms with Gasteiger partial charge in [-0.3, -0.25) is 0 Å². The molecule has 0 bridgehead atoms. The van der Waals surface area contributed by atoms with Gasteiger partial charge in [-0.1, -0.05) is 65.4 Å². The van der Waals surface area contributed by atoms with Crippen molar-refractivity contribution in [1.29, 1.82) is 0 Å². The molecule has 0 spiro atoms. The molecule has 2 heterocycles. The molecular formula is C18H14N4O2S. The molecule has 0 amide bonds. The van der Waals surface area contributed by atoms with Gasteiger partial charge in [-0.25, -0.2) is 0 Å². The number of hydrogen-bond acceptors (Lipinski definition) is 7. The zero-order valence-electron chi connectivity index (χ0n) is 13.4. The smallest absolute Gasteiger partial charge is 0.277 e. The third-order valence-electron chi connectivity index (χ3n) is 3.60. The highest BCUT2D eigenvalue weighted by molar-refractivity contribution is 7.98. The summed E-state index contributed by atoms with van der Waals surface area (Å²) in [5.41, 5.74) is 2.94. The number of aryl methyl sites for hydroxylation is 1. The Morgan fingerprint density at radius 3 is 2.60 bits per heavy atom. The Morgan fingerprint density at radius 2 is 1.76 bits per heavy atom. The highest BCUT2D eigenvalue weighted by Crippen LogP contribution is 2.27. The molecule has 7 heteroatoms. The van der Waals surface area contributed by atoms with E-state index in [1.165, 1.54) is 11.8 Å². The number of nitrogens with zero attached hydrogens (tertiary/aromatic N) is 4. The van der Waals surface area contributed by atoms with E-state index in [9.17, 15) is 0 Å². The molecule has 0 saturated carbocycles. The summed E-state index contributed by atoms with van der Waals surface area (Å²) in [7, 11) is 0. The minimum atomic E-state index is 0.467. The van der Waals surface area contributed by atoms with Crippen LogP contribution in [0, 0.1) is 6.92 Å². The molecule has 4 aromatic rings. The summed E-state index contributed by atoms with van der Waals surface area (Å²) in [6.07, 6.45) is 0. The van der Waals surface area contributed by atoms with Gasteiger partial charge in [-0.2, -0.15) is 4.98 Å². The Balaban J connectivity index is 1.44. The molecule has 124 valence electrons. The van der Waals surface area contributed by atoms with Crippen LogP contribution in [0.2, 0.25) is 0 Å². The van der Waals surface area contributed by atoms with Crippen molar-refractivity contribution >= 4 is 11.8 Å². The molecule has 0 aliphatic carbocycles. The van der Waals surface area contributed by atoms with E-state index in [0.29, 0.717) is 28.6 Å². The largest absolute Gasteiger partial charge is 0.411 e. The summed E-state index contributed by atoms with van der Waals surface area (Å²) in [5.74, 6) is 2.06. The fraction of sp³-hybridized carbons (Fsp3) is 0.111. The molecular weight excluding hydrogens is 336 g/mol. The lowest BCUT2D eigenvalue weighted by atomic mass is 10.1. The monoisotopic (exact) mass is 350 g/mol. The molecule has 25 heavy (non-hydrogen) atoms. The second kappa shape index (κ2) is 6.90. The predicted octanol–water partition coefficient (Wildman–Crippen LogP) is 4.39. The van der Waals surface area contributed by atoms with Crippen LogP contribution in [0.4, 0.5) is 0 Å². The van der Waals surface area contributed by atoms with Gasteiger partial charge in [0.2, 0.25) is 17.6 Å². The molecule has 4 rings (SSSR count). The summed E-state index contributed by atoms with van der Waals surface area (Å²) >= 11 is 1.37. The standard InChI is InChI=1S/C18H14N4O2S/c1-12-7-5-6-10-14(12)17-20-21-18(23-17)25-11-15-19-16(22-24-15)13-8-3-2-4-9-13/h2-10H,11H2,1H3. The van der Waals surface area contributed by atoms with Crippen molar-refractivity contribution in [2.75, 3.05) is 0 Å². The topological polar surface area (TPSA) is 77.8 Å². The van der Waals surface area contributed by atoms with Crippen LogP contribution >= 0.6 is 11.8 Å². The van der Waals surface area contributed by atoms with Crippen LogP contribution in [-0.4, -0.2) is 20.3 Å². The van der Waals surface area contributed by atoms with Crippen molar-refractivity contribution in [3.8, 4) is 22.8 Å². The van der Waals surface area contributed by atoms with Gasteiger partial charge < -0.3 is 8.94 Å². The second-order valence-corrected chi connectivity index (χ2v) is 6.28. The van der Waals surface area contributed by atoms with Crippen LogP contribution < -0.4 is 0 Å². The van der Waals surface area contributed by atoms with E-state index >= 15 is 0 Å². The van der Waals surface area contributed by atoms with Crippen molar-refractivity contribution in [3.63, 3.8) is 0 Å². The van der Waals surface area contributed by atoms with Crippen molar-refractivity contribution in [1.82, 2.24) is 20.3 Å². The summed E-state index contributed by atoms with van der Waals surface area (Å²) < 4.78 is 11.0. The van der Waals surface area contributed by atoms with Gasteiger partial charge in [0, 0.05) is 11.1 Å². The molecule has 0 fully saturated rings. The maximum absolute atomic E-state index is 5.71. The van der Waals surface area contributed by atoms with E-state index in [1.54, 1.807) is 0 Å². The lowest BCUT2D eigenvalue weighted by Gasteiger charge is -1.98. The van der Waals surface area contributed by atoms with Gasteiger partial charge in [0.1, 0.15) is 0 Å². The molecule has 0 radical (unpaired) electrons. The molecule has 0 saturated heterocycles. The maximum Gasteiger partial charge on any atom is 0.277 e. The zero-order chi connectivity index (χ0) is 17.1. The summed E-state index contributed by atoms with van der Waals surface area (Å²) in [6, 6.07) is 17.6. The fourth-order valence-corrected chi connectivity index (χ4v) is 2.93. The Labute approximate surface area is 148 Å². The normalized spacial score (nSPS) is 10.9. The first-order chi connectivity index (χ1) is 12.3. The van der Waals surface area contributed by atoms with Crippen LogP contribution in [0.15, 0.2) is 68.8 Å². The van der Waals surface area contributed by atoms with Gasteiger partial charge in [-0.05, 0) is 18.6 Å². The van der Waals surface area contributed by atoms with Crippen molar-refractivity contribution in [2.45, 2.75) is 17.9 Å². The second-order valence-electron chi connectivity index (χ2n) is 5.35. The number of aromatic nitrogens is 4. The predicted molar refractivity (Wildman–Crippen MR) is 93.8 cm³/mol. The molecule has 0 N–H and O–H groups in total. The number of hydrogen-bond donors (Lipinski definition) is 0. The Kier molecular flexibility index (Phi) is 4.30. The van der Waals surface area contributed by atoms with Crippen molar-refractivity contribution in [3.05, 3.63) is 66.1 Å². The van der Waals surface area contributed by atoms with Gasteiger partial charge in [0.25, 0.3) is 5.22 Å². The van der Waals surface area contributed by atoms with Crippen LogP contribution in [-0.2, 0) is 5.75 Å². The Morgan fingerprint density at radius 1 is 0.960 bits per heavy atom. The Bertz CT molecular complexity index is 981. The highest BCUT2D eigenvalue weighted by Gasteiger charge is 2.13. The van der Waals surface area contributed by atoms with E-state index < -0.39 is 0 Å². The van der Waals surface area contributed by atoms with Gasteiger partial charge in [0.15, 0.2) is 0 Å². The lowest BCUT2D eigenvalue weighted by molar-refractivity contribution is 0.391. The Hall–Kier alpha value is -2.93. The van der Waals surface area contributed by atoms with Crippen LogP contribution in [0.3, 0.4) is 0 Å². The van der Waals surface area contributed by atoms with Crippen molar-refractivity contribution < 1.29 is 8.94 Å². The molecule has 0 aliphatic heterocycles. The van der Waals surface area contributed by atoms with Crippen LogP contribution in [0.5, 0.6) is 0 Å². The summed E-state index contributed by atoms with van der Waals surface area (Å²) in [6.45, 7) is 2.01. The van der Waals surface area contributed by atoms with E-state index in [1.807, 2.05) is 61.5 Å². The summed E-state index contributed by atoms with van der Waals surface area (Å²) in [5, 5.41) is 12.6. The maximum atomic E-state index is 5.71. The SMILES string of the molecule is Cc1ccccc1-c1nnc(SCc2nc(-c3ccccc3)no2)o1. The number of rotatable bonds is 5. The molecule has 2 aromatic heterocycles. The lowest BCUT2D eigenvalue weighted by Crippen LogP contribution is -1.82. The minimum absolute atomic E-state index is 0.467. The molecule has 2 aromatic carbocycles. The van der Waals surface area contributed by atoms with Crippen LogP contribution in [0.25, 0.3) is 22.8 Å². The molecule has 0 aliphatic rings. The first-order valence-corrected chi connectivity index (χ1v) is 8.68. The first-order valence-electron chi connectivity index (χ1n) is 7.70. The highest BCUT2D eigenvalue weighted by atomic mass is 32.2. The zero-order valence-corrected chi connectivity index (χ0v) is 14.2. The van der Waals surface area contributed by atoms with Gasteiger partial charge in [0.05, 0.1) is 5.75 Å². The average molecular weight is 350 g/mol. The average Bonchev–Trinajstić information content (AvgIpc) is 3.31. The molecule has 0 atom stereocenters.